The highest BCUT2D eigenvalue weighted by Gasteiger charge is 2.18. The van der Waals surface area contributed by atoms with Gasteiger partial charge in [0.2, 0.25) is 10.0 Å². The topological polar surface area (TPSA) is 132 Å². The number of sulfonamides is 1. The second-order valence-electron chi connectivity index (χ2n) is 5.75. The zero-order chi connectivity index (χ0) is 22.1. The summed E-state index contributed by atoms with van der Waals surface area (Å²) in [6.07, 6.45) is 1.35. The van der Waals surface area contributed by atoms with Crippen molar-refractivity contribution in [2.45, 2.75) is 4.90 Å². The van der Waals surface area contributed by atoms with Gasteiger partial charge in [0.1, 0.15) is 0 Å². The maximum Gasteiger partial charge on any atom is 0.337 e. The Labute approximate surface area is 173 Å². The number of nitrogens with zero attached hydrogens (tertiary/aromatic N) is 1. The predicted octanol–water partition coefficient (Wildman–Crippen LogP) is 0.919. The molecule has 0 spiro atoms. The van der Waals surface area contributed by atoms with Gasteiger partial charge < -0.3 is 14.2 Å². The van der Waals surface area contributed by atoms with Gasteiger partial charge in [0, 0.05) is 6.07 Å². The number of ether oxygens (including phenoxy) is 3. The van der Waals surface area contributed by atoms with Crippen LogP contribution in [0.3, 0.4) is 0 Å². The summed E-state index contributed by atoms with van der Waals surface area (Å²) in [5, 5.41) is 3.75. The van der Waals surface area contributed by atoms with Gasteiger partial charge in [-0.05, 0) is 29.8 Å². The molecule has 0 radical (unpaired) electrons. The van der Waals surface area contributed by atoms with Crippen LogP contribution in [0.2, 0.25) is 0 Å². The minimum atomic E-state index is -3.95. The molecule has 0 atom stereocenters. The zero-order valence-corrected chi connectivity index (χ0v) is 17.4. The van der Waals surface area contributed by atoms with Gasteiger partial charge >= 0.3 is 5.97 Å². The van der Waals surface area contributed by atoms with Crippen molar-refractivity contribution in [1.29, 1.82) is 0 Å². The van der Waals surface area contributed by atoms with Crippen molar-refractivity contribution in [3.8, 4) is 11.5 Å². The molecule has 0 saturated carbocycles. The third kappa shape index (κ3) is 6.03. The summed E-state index contributed by atoms with van der Waals surface area (Å²) < 4.78 is 41.6. The highest BCUT2D eigenvalue weighted by atomic mass is 32.2. The number of carbonyl (C=O) groups is 2. The molecule has 0 heterocycles. The van der Waals surface area contributed by atoms with Gasteiger partial charge in [-0.25, -0.2) is 23.4 Å². The highest BCUT2D eigenvalue weighted by Crippen LogP contribution is 2.29. The lowest BCUT2D eigenvalue weighted by Crippen LogP contribution is -2.34. The normalized spacial score (nSPS) is 11.2. The van der Waals surface area contributed by atoms with E-state index >= 15 is 0 Å². The van der Waals surface area contributed by atoms with E-state index in [0.717, 1.165) is 0 Å². The lowest BCUT2D eigenvalue weighted by Gasteiger charge is -2.10. The molecule has 0 aromatic heterocycles. The second kappa shape index (κ2) is 10.4. The van der Waals surface area contributed by atoms with Crippen LogP contribution in [0.1, 0.15) is 15.9 Å². The number of hydrazone groups is 1. The van der Waals surface area contributed by atoms with Crippen molar-refractivity contribution in [3.05, 3.63) is 53.6 Å². The summed E-state index contributed by atoms with van der Waals surface area (Å²) in [5.74, 6) is -0.508. The molecule has 1 amide bonds. The van der Waals surface area contributed by atoms with Crippen LogP contribution in [-0.2, 0) is 19.6 Å². The molecule has 160 valence electrons. The minimum Gasteiger partial charge on any atom is -0.493 e. The predicted molar refractivity (Wildman–Crippen MR) is 108 cm³/mol. The summed E-state index contributed by atoms with van der Waals surface area (Å²) >= 11 is 0. The Balaban J connectivity index is 1.92. The van der Waals surface area contributed by atoms with Crippen LogP contribution >= 0.6 is 0 Å². The largest absolute Gasteiger partial charge is 0.493 e. The molecule has 0 aliphatic rings. The molecule has 10 nitrogen and oxygen atoms in total. The van der Waals surface area contributed by atoms with Crippen LogP contribution in [0.15, 0.2) is 52.5 Å². The summed E-state index contributed by atoms with van der Waals surface area (Å²) in [4.78, 5) is 23.1. The van der Waals surface area contributed by atoms with Crippen LogP contribution in [0.25, 0.3) is 0 Å². The van der Waals surface area contributed by atoms with Crippen molar-refractivity contribution >= 4 is 28.1 Å². The number of esters is 1. The molecule has 2 aromatic carbocycles. The van der Waals surface area contributed by atoms with Crippen molar-refractivity contribution in [1.82, 2.24) is 10.1 Å². The maximum absolute atomic E-state index is 12.3. The van der Waals surface area contributed by atoms with Crippen LogP contribution in [0, 0.1) is 0 Å². The summed E-state index contributed by atoms with van der Waals surface area (Å²) in [6, 6.07) is 10.4. The van der Waals surface area contributed by atoms with E-state index in [1.54, 1.807) is 24.3 Å². The van der Waals surface area contributed by atoms with Gasteiger partial charge in [0.15, 0.2) is 11.5 Å². The van der Waals surface area contributed by atoms with Gasteiger partial charge in [-0.2, -0.15) is 5.10 Å². The van der Waals surface area contributed by atoms with Gasteiger partial charge in [0.05, 0.1) is 44.5 Å². The number of rotatable bonds is 9. The quantitative estimate of drug-likeness (QED) is 0.340. The number of benzene rings is 2. The number of hydrogen-bond donors (Lipinski definition) is 2. The van der Waals surface area contributed by atoms with Gasteiger partial charge in [-0.3, -0.25) is 4.79 Å². The summed E-state index contributed by atoms with van der Waals surface area (Å²) in [7, 11) is 0.155. The minimum absolute atomic E-state index is 0.0813. The number of amides is 1. The first-order valence-electron chi connectivity index (χ1n) is 8.52. The van der Waals surface area contributed by atoms with Crippen molar-refractivity contribution < 1.29 is 32.2 Å². The Morgan fingerprint density at radius 2 is 1.67 bits per heavy atom. The van der Waals surface area contributed by atoms with Crippen LogP contribution in [0.5, 0.6) is 11.5 Å². The first kappa shape index (κ1) is 22.8. The molecule has 0 aliphatic heterocycles. The van der Waals surface area contributed by atoms with E-state index in [9.17, 15) is 18.0 Å². The molecule has 0 unspecified atom stereocenters. The van der Waals surface area contributed by atoms with Crippen molar-refractivity contribution in [2.24, 2.45) is 5.10 Å². The summed E-state index contributed by atoms with van der Waals surface area (Å²) in [5.41, 5.74) is 3.21. The number of nitrogens with one attached hydrogen (secondary N) is 2. The zero-order valence-electron chi connectivity index (χ0n) is 16.5. The highest BCUT2D eigenvalue weighted by molar-refractivity contribution is 7.89. The Morgan fingerprint density at radius 3 is 2.27 bits per heavy atom. The molecule has 2 N–H and O–H groups in total. The third-order valence-corrected chi connectivity index (χ3v) is 5.22. The third-order valence-electron chi connectivity index (χ3n) is 3.82. The molecule has 2 aromatic rings. The molecule has 0 saturated heterocycles. The van der Waals surface area contributed by atoms with Crippen molar-refractivity contribution in [2.75, 3.05) is 27.9 Å². The molecule has 2 rings (SSSR count). The Kier molecular flexibility index (Phi) is 7.90. The lowest BCUT2D eigenvalue weighted by atomic mass is 10.1. The SMILES string of the molecule is COC(=O)c1ccc(/C=N\NC(=O)CNS(=O)(=O)c2ccc(OC)c(OC)c2)cc1. The molecular formula is C19H21N3O7S. The molecule has 0 fully saturated rings. The number of carbonyl (C=O) groups excluding carboxylic acids is 2. The maximum atomic E-state index is 12.3. The van der Waals surface area contributed by atoms with Gasteiger partial charge in [-0.1, -0.05) is 12.1 Å². The van der Waals surface area contributed by atoms with Crippen molar-refractivity contribution in [3.63, 3.8) is 0 Å². The lowest BCUT2D eigenvalue weighted by molar-refractivity contribution is -0.119. The second-order valence-corrected chi connectivity index (χ2v) is 7.52. The fraction of sp³-hybridized carbons (Fsp3) is 0.211. The number of hydrogen-bond acceptors (Lipinski definition) is 8. The van der Waals surface area contributed by atoms with Crippen LogP contribution in [0.4, 0.5) is 0 Å². The molecule has 0 aliphatic carbocycles. The fourth-order valence-electron chi connectivity index (χ4n) is 2.27. The van der Waals surface area contributed by atoms with E-state index in [0.29, 0.717) is 16.9 Å². The first-order valence-corrected chi connectivity index (χ1v) is 10.0. The monoisotopic (exact) mass is 435 g/mol. The standard InChI is InChI=1S/C19H21N3O7S/c1-27-16-9-8-15(10-17(16)28-2)30(25,26)21-12-18(23)22-20-11-13-4-6-14(7-5-13)19(24)29-3/h4-11,21H,12H2,1-3H3,(H,22,23)/b20-11-. The van der Waals surface area contributed by atoms with E-state index in [2.05, 4.69) is 20.0 Å². The molecule has 0 bridgehead atoms. The van der Waals surface area contributed by atoms with E-state index in [4.69, 9.17) is 9.47 Å². The van der Waals surface area contributed by atoms with E-state index in [1.807, 2.05) is 0 Å². The first-order chi connectivity index (χ1) is 14.3. The Hall–Kier alpha value is -3.44. The van der Waals surface area contributed by atoms with Gasteiger partial charge in [-0.15, -0.1) is 0 Å². The molecule has 30 heavy (non-hydrogen) atoms. The fourth-order valence-corrected chi connectivity index (χ4v) is 3.27. The Bertz CT molecular complexity index is 1030. The Morgan fingerprint density at radius 1 is 1.00 bits per heavy atom. The van der Waals surface area contributed by atoms with Gasteiger partial charge in [0.25, 0.3) is 5.91 Å². The average Bonchev–Trinajstić information content (AvgIpc) is 2.77. The molecule has 11 heteroatoms. The molecular weight excluding hydrogens is 414 g/mol. The van der Waals surface area contributed by atoms with Crippen LogP contribution < -0.4 is 19.6 Å². The summed E-state index contributed by atoms with van der Waals surface area (Å²) in [6.45, 7) is -0.519. The average molecular weight is 435 g/mol. The van der Waals surface area contributed by atoms with Crippen LogP contribution in [-0.4, -0.2) is 54.4 Å². The smallest absolute Gasteiger partial charge is 0.337 e. The number of methoxy groups -OCH3 is 3. The van der Waals surface area contributed by atoms with E-state index in [-0.39, 0.29) is 10.6 Å². The van der Waals surface area contributed by atoms with E-state index in [1.165, 1.54) is 45.7 Å². The van der Waals surface area contributed by atoms with E-state index < -0.39 is 28.4 Å².